The third kappa shape index (κ3) is 4.13. The number of pyridine rings is 1. The number of fused-ring (bicyclic) bond motifs is 1. The zero-order valence-corrected chi connectivity index (χ0v) is 15.1. The minimum absolute atomic E-state index is 0.0730. The van der Waals surface area contributed by atoms with Crippen LogP contribution in [0.2, 0.25) is 0 Å². The van der Waals surface area contributed by atoms with Crippen molar-refractivity contribution in [1.82, 2.24) is 10.3 Å². The molecule has 2 amide bonds. The van der Waals surface area contributed by atoms with Crippen LogP contribution in [0.25, 0.3) is 0 Å². The second kappa shape index (κ2) is 7.99. The Morgan fingerprint density at radius 2 is 1.93 bits per heavy atom. The highest BCUT2D eigenvalue weighted by Crippen LogP contribution is 2.19. The number of rotatable bonds is 5. The zero-order chi connectivity index (χ0) is 19.4. The van der Waals surface area contributed by atoms with E-state index in [2.05, 4.69) is 15.6 Å². The van der Waals surface area contributed by atoms with Gasteiger partial charge < -0.3 is 15.6 Å². The van der Waals surface area contributed by atoms with E-state index in [0.717, 1.165) is 6.42 Å². The van der Waals surface area contributed by atoms with Crippen molar-refractivity contribution >= 4 is 23.3 Å². The maximum absolute atomic E-state index is 12.5. The number of hydrogen-bond donors (Lipinski definition) is 3. The largest absolute Gasteiger partial charge is 0.352 e. The van der Waals surface area contributed by atoms with Gasteiger partial charge in [0.2, 0.25) is 0 Å². The van der Waals surface area contributed by atoms with Crippen molar-refractivity contribution in [2.24, 2.45) is 0 Å². The topological polar surface area (TPSA) is 108 Å². The number of aromatic amines is 1. The quantitative estimate of drug-likeness (QED) is 0.753. The predicted octanol–water partition coefficient (Wildman–Crippen LogP) is 2.29. The van der Waals surface area contributed by atoms with Crippen LogP contribution in [0.5, 0.6) is 0 Å². The monoisotopic (exact) mass is 367 g/mol. The summed E-state index contributed by atoms with van der Waals surface area (Å²) in [6.07, 6.45) is 2.55. The second-order valence-electron chi connectivity index (χ2n) is 6.47. The van der Waals surface area contributed by atoms with Gasteiger partial charge in [-0.1, -0.05) is 13.0 Å². The number of benzene rings is 1. The number of Topliss-reactive ketones (excluding diaryl/α,β-unsaturated/α-hetero) is 1. The van der Waals surface area contributed by atoms with Gasteiger partial charge in [0.1, 0.15) is 5.56 Å². The molecule has 3 rings (SSSR count). The molecule has 7 heteroatoms. The molecule has 0 fully saturated rings. The molecule has 1 aliphatic carbocycles. The van der Waals surface area contributed by atoms with Gasteiger partial charge in [-0.2, -0.15) is 0 Å². The van der Waals surface area contributed by atoms with Crippen molar-refractivity contribution in [1.29, 1.82) is 0 Å². The summed E-state index contributed by atoms with van der Waals surface area (Å²) < 4.78 is 0. The van der Waals surface area contributed by atoms with Gasteiger partial charge in [0.05, 0.1) is 0 Å². The maximum Gasteiger partial charge on any atom is 0.261 e. The van der Waals surface area contributed by atoms with E-state index in [4.69, 9.17) is 0 Å². The first-order valence-electron chi connectivity index (χ1n) is 8.98. The van der Waals surface area contributed by atoms with E-state index < -0.39 is 11.5 Å². The summed E-state index contributed by atoms with van der Waals surface area (Å²) in [7, 11) is 0. The lowest BCUT2D eigenvalue weighted by molar-refractivity contribution is 0.0949. The first kappa shape index (κ1) is 18.6. The number of aromatic nitrogens is 1. The van der Waals surface area contributed by atoms with Crippen LogP contribution in [-0.2, 0) is 6.42 Å². The molecule has 1 heterocycles. The second-order valence-corrected chi connectivity index (χ2v) is 6.47. The van der Waals surface area contributed by atoms with E-state index in [9.17, 15) is 19.2 Å². The molecule has 1 aromatic carbocycles. The standard InChI is InChI=1S/C20H21N3O4/c1-2-9-21-18(25)12-5-3-6-13(10-12)22-19(26)15-11-14-16(23-20(15)27)7-4-8-17(14)24/h3,5-6,10-11H,2,4,7-9H2,1H3,(H,21,25)(H,22,26)(H,23,27). The van der Waals surface area contributed by atoms with Crippen LogP contribution in [0.15, 0.2) is 35.1 Å². The molecule has 1 aliphatic rings. The fourth-order valence-corrected chi connectivity index (χ4v) is 3.02. The highest BCUT2D eigenvalue weighted by atomic mass is 16.2. The first-order valence-corrected chi connectivity index (χ1v) is 8.98. The molecular formula is C20H21N3O4. The Morgan fingerprint density at radius 1 is 1.11 bits per heavy atom. The van der Waals surface area contributed by atoms with Gasteiger partial charge in [0.25, 0.3) is 17.4 Å². The molecule has 0 unspecified atom stereocenters. The lowest BCUT2D eigenvalue weighted by Gasteiger charge is -2.15. The highest BCUT2D eigenvalue weighted by molar-refractivity contribution is 6.07. The Morgan fingerprint density at radius 3 is 2.70 bits per heavy atom. The molecule has 0 bridgehead atoms. The van der Waals surface area contributed by atoms with Crippen LogP contribution in [0, 0.1) is 0 Å². The van der Waals surface area contributed by atoms with Crippen LogP contribution < -0.4 is 16.2 Å². The van der Waals surface area contributed by atoms with Gasteiger partial charge in [-0.25, -0.2) is 0 Å². The first-order chi connectivity index (χ1) is 13.0. The minimum Gasteiger partial charge on any atom is -0.352 e. The predicted molar refractivity (Wildman–Crippen MR) is 101 cm³/mol. The summed E-state index contributed by atoms with van der Waals surface area (Å²) in [6, 6.07) is 7.83. The Bertz CT molecular complexity index is 962. The molecule has 0 aliphatic heterocycles. The molecule has 3 N–H and O–H groups in total. The molecule has 0 spiro atoms. The highest BCUT2D eigenvalue weighted by Gasteiger charge is 2.22. The normalized spacial score (nSPS) is 13.0. The van der Waals surface area contributed by atoms with Gasteiger partial charge in [-0.15, -0.1) is 0 Å². The van der Waals surface area contributed by atoms with Gasteiger partial charge in [0.15, 0.2) is 5.78 Å². The summed E-state index contributed by atoms with van der Waals surface area (Å²) in [6.45, 7) is 2.52. The number of ketones is 1. The van der Waals surface area contributed by atoms with Gasteiger partial charge in [-0.05, 0) is 43.5 Å². The maximum atomic E-state index is 12.5. The number of amides is 2. The summed E-state index contributed by atoms with van der Waals surface area (Å²) in [5.41, 5.74) is 1.15. The Labute approximate surface area is 156 Å². The Hall–Kier alpha value is -3.22. The molecule has 27 heavy (non-hydrogen) atoms. The third-order valence-electron chi connectivity index (χ3n) is 4.42. The summed E-state index contributed by atoms with van der Waals surface area (Å²) in [5.74, 6) is -0.926. The lowest BCUT2D eigenvalue weighted by Crippen LogP contribution is -2.27. The van der Waals surface area contributed by atoms with Crippen LogP contribution in [-0.4, -0.2) is 29.1 Å². The third-order valence-corrected chi connectivity index (χ3v) is 4.42. The van der Waals surface area contributed by atoms with Gasteiger partial charge in [0, 0.05) is 35.5 Å². The molecule has 0 saturated heterocycles. The number of aryl methyl sites for hydroxylation is 1. The number of carbonyl (C=O) groups excluding carboxylic acids is 3. The Balaban J connectivity index is 1.82. The van der Waals surface area contributed by atoms with E-state index >= 15 is 0 Å². The summed E-state index contributed by atoms with van der Waals surface area (Å²) in [4.78, 5) is 51.5. The van der Waals surface area contributed by atoms with E-state index in [1.54, 1.807) is 24.3 Å². The summed E-state index contributed by atoms with van der Waals surface area (Å²) >= 11 is 0. The minimum atomic E-state index is -0.622. The molecule has 140 valence electrons. The Kier molecular flexibility index (Phi) is 5.49. The van der Waals surface area contributed by atoms with Crippen molar-refractivity contribution in [2.75, 3.05) is 11.9 Å². The van der Waals surface area contributed by atoms with Gasteiger partial charge in [-0.3, -0.25) is 19.2 Å². The molecule has 0 atom stereocenters. The van der Waals surface area contributed by atoms with Crippen LogP contribution in [0.4, 0.5) is 5.69 Å². The number of hydrogen-bond acceptors (Lipinski definition) is 4. The SMILES string of the molecule is CCCNC(=O)c1cccc(NC(=O)c2cc3c([nH]c2=O)CCCC3=O)c1. The van der Waals surface area contributed by atoms with Crippen molar-refractivity contribution in [3.05, 3.63) is 63.1 Å². The number of H-pyrrole nitrogens is 1. The fourth-order valence-electron chi connectivity index (χ4n) is 3.02. The van der Waals surface area contributed by atoms with Crippen molar-refractivity contribution in [3.8, 4) is 0 Å². The lowest BCUT2D eigenvalue weighted by atomic mass is 9.93. The van der Waals surface area contributed by atoms with Crippen LogP contribution in [0.1, 0.15) is 63.0 Å². The van der Waals surface area contributed by atoms with E-state index in [1.807, 2.05) is 6.92 Å². The average Bonchev–Trinajstić information content (AvgIpc) is 2.66. The molecular weight excluding hydrogens is 346 g/mol. The average molecular weight is 367 g/mol. The smallest absolute Gasteiger partial charge is 0.261 e. The van der Waals surface area contributed by atoms with Crippen LogP contribution in [0.3, 0.4) is 0 Å². The van der Waals surface area contributed by atoms with E-state index in [-0.39, 0.29) is 17.3 Å². The molecule has 1 aromatic heterocycles. The molecule has 0 radical (unpaired) electrons. The summed E-state index contributed by atoms with van der Waals surface area (Å²) in [5, 5.41) is 5.39. The fraction of sp³-hybridized carbons (Fsp3) is 0.300. The zero-order valence-electron chi connectivity index (χ0n) is 15.1. The van der Waals surface area contributed by atoms with Crippen molar-refractivity contribution < 1.29 is 14.4 Å². The van der Waals surface area contributed by atoms with Crippen molar-refractivity contribution in [3.63, 3.8) is 0 Å². The van der Waals surface area contributed by atoms with Crippen LogP contribution >= 0.6 is 0 Å². The van der Waals surface area contributed by atoms with Gasteiger partial charge >= 0.3 is 0 Å². The van der Waals surface area contributed by atoms with Crippen molar-refractivity contribution in [2.45, 2.75) is 32.6 Å². The molecule has 0 saturated carbocycles. The van der Waals surface area contributed by atoms with E-state index in [1.165, 1.54) is 6.07 Å². The molecule has 7 nitrogen and oxygen atoms in total. The van der Waals surface area contributed by atoms with E-state index in [0.29, 0.717) is 48.3 Å². The molecule has 2 aromatic rings. The number of carbonyl (C=O) groups is 3. The number of nitrogens with one attached hydrogen (secondary N) is 3. The number of anilines is 1.